The summed E-state index contributed by atoms with van der Waals surface area (Å²) in [5.74, 6) is 0.714. The molecule has 2 aromatic rings. The van der Waals surface area contributed by atoms with Crippen molar-refractivity contribution in [1.82, 2.24) is 9.78 Å². The van der Waals surface area contributed by atoms with E-state index in [1.165, 1.54) is 6.07 Å². The van der Waals surface area contributed by atoms with Crippen LogP contribution in [0.4, 0.5) is 14.6 Å². The molecule has 0 aliphatic heterocycles. The Morgan fingerprint density at radius 2 is 2.15 bits per heavy atom. The zero-order chi connectivity index (χ0) is 14.7. The van der Waals surface area contributed by atoms with E-state index in [1.54, 1.807) is 29.9 Å². The van der Waals surface area contributed by atoms with E-state index in [-0.39, 0.29) is 5.75 Å². The van der Waals surface area contributed by atoms with Crippen molar-refractivity contribution in [1.29, 1.82) is 0 Å². The third-order valence-corrected chi connectivity index (χ3v) is 3.03. The quantitative estimate of drug-likeness (QED) is 0.915. The molecule has 20 heavy (non-hydrogen) atoms. The van der Waals surface area contributed by atoms with E-state index >= 15 is 0 Å². The number of nitrogens with zero attached hydrogens (tertiary/aromatic N) is 2. The van der Waals surface area contributed by atoms with Gasteiger partial charge >= 0.3 is 6.61 Å². The highest BCUT2D eigenvalue weighted by Gasteiger charge is 2.15. The Labute approximate surface area is 116 Å². The van der Waals surface area contributed by atoms with Crippen LogP contribution in [0.1, 0.15) is 18.9 Å². The Morgan fingerprint density at radius 1 is 1.40 bits per heavy atom. The highest BCUT2D eigenvalue weighted by molar-refractivity contribution is 5.69. The molecule has 0 unspecified atom stereocenters. The molecule has 108 valence electrons. The van der Waals surface area contributed by atoms with E-state index in [2.05, 4.69) is 9.84 Å². The SMILES string of the molecule is CCCc1c(-c2cccc(OC(F)F)c2)nn(C)c1N. The Bertz CT molecular complexity index is 596. The number of nitrogen functional groups attached to an aromatic ring is 1. The van der Waals surface area contributed by atoms with Crippen LogP contribution in [0, 0.1) is 0 Å². The topological polar surface area (TPSA) is 53.1 Å². The molecule has 1 aromatic heterocycles. The smallest absolute Gasteiger partial charge is 0.387 e. The van der Waals surface area contributed by atoms with Gasteiger partial charge in [-0.3, -0.25) is 4.68 Å². The van der Waals surface area contributed by atoms with Crippen LogP contribution < -0.4 is 10.5 Å². The molecule has 0 spiro atoms. The van der Waals surface area contributed by atoms with Crippen molar-refractivity contribution < 1.29 is 13.5 Å². The van der Waals surface area contributed by atoms with E-state index in [1.807, 2.05) is 6.92 Å². The molecule has 1 aromatic carbocycles. The van der Waals surface area contributed by atoms with Gasteiger partial charge in [-0.2, -0.15) is 13.9 Å². The number of halogens is 2. The predicted molar refractivity (Wildman–Crippen MR) is 73.7 cm³/mol. The van der Waals surface area contributed by atoms with Gasteiger partial charge in [-0.1, -0.05) is 25.5 Å². The summed E-state index contributed by atoms with van der Waals surface area (Å²) in [6.45, 7) is -0.791. The molecule has 0 fully saturated rings. The summed E-state index contributed by atoms with van der Waals surface area (Å²) in [4.78, 5) is 0. The predicted octanol–water partition coefficient (Wildman–Crippen LogP) is 3.22. The lowest BCUT2D eigenvalue weighted by molar-refractivity contribution is -0.0498. The minimum atomic E-state index is -2.84. The molecule has 4 nitrogen and oxygen atoms in total. The molecular formula is C14H17F2N3O. The second-order valence-corrected chi connectivity index (χ2v) is 4.49. The average molecular weight is 281 g/mol. The monoisotopic (exact) mass is 281 g/mol. The fraction of sp³-hybridized carbons (Fsp3) is 0.357. The Balaban J connectivity index is 2.43. The molecule has 0 radical (unpaired) electrons. The van der Waals surface area contributed by atoms with Crippen LogP contribution in [0.25, 0.3) is 11.3 Å². The average Bonchev–Trinajstić information content (AvgIpc) is 2.67. The number of hydrogen-bond donors (Lipinski definition) is 1. The lowest BCUT2D eigenvalue weighted by atomic mass is 10.0. The van der Waals surface area contributed by atoms with Crippen LogP contribution in [-0.4, -0.2) is 16.4 Å². The molecule has 0 saturated heterocycles. The number of rotatable bonds is 5. The summed E-state index contributed by atoms with van der Waals surface area (Å²) in [6, 6.07) is 6.50. The molecule has 6 heteroatoms. The first-order valence-electron chi connectivity index (χ1n) is 6.39. The minimum Gasteiger partial charge on any atom is -0.435 e. The molecule has 2 rings (SSSR count). The minimum absolute atomic E-state index is 0.115. The normalized spacial score (nSPS) is 11.1. The molecule has 0 amide bonds. The maximum atomic E-state index is 12.3. The van der Waals surface area contributed by atoms with Crippen LogP contribution in [0.3, 0.4) is 0 Å². The Kier molecular flexibility index (Phi) is 4.22. The van der Waals surface area contributed by atoms with Gasteiger partial charge in [0.15, 0.2) is 0 Å². The van der Waals surface area contributed by atoms with Crippen molar-refractivity contribution in [3.63, 3.8) is 0 Å². The van der Waals surface area contributed by atoms with Crippen LogP contribution in [0.15, 0.2) is 24.3 Å². The molecule has 0 atom stereocenters. The molecule has 0 aliphatic rings. The first-order chi connectivity index (χ1) is 9.52. The third kappa shape index (κ3) is 2.89. The fourth-order valence-corrected chi connectivity index (χ4v) is 2.13. The van der Waals surface area contributed by atoms with E-state index in [4.69, 9.17) is 5.73 Å². The van der Waals surface area contributed by atoms with Gasteiger partial charge in [0.25, 0.3) is 0 Å². The zero-order valence-corrected chi connectivity index (χ0v) is 11.4. The van der Waals surface area contributed by atoms with Gasteiger partial charge in [0, 0.05) is 18.2 Å². The summed E-state index contributed by atoms with van der Waals surface area (Å²) in [7, 11) is 1.76. The van der Waals surface area contributed by atoms with Gasteiger partial charge in [0.05, 0.1) is 5.69 Å². The fourth-order valence-electron chi connectivity index (χ4n) is 2.13. The number of hydrogen-bond acceptors (Lipinski definition) is 3. The number of nitrogens with two attached hydrogens (primary N) is 1. The number of anilines is 1. The molecule has 2 N–H and O–H groups in total. The highest BCUT2D eigenvalue weighted by atomic mass is 19.3. The number of benzene rings is 1. The van der Waals surface area contributed by atoms with E-state index in [0.717, 1.165) is 24.0 Å². The number of aromatic nitrogens is 2. The van der Waals surface area contributed by atoms with Crippen LogP contribution in [0.2, 0.25) is 0 Å². The summed E-state index contributed by atoms with van der Waals surface area (Å²) in [6.07, 6.45) is 1.71. The summed E-state index contributed by atoms with van der Waals surface area (Å²) >= 11 is 0. The van der Waals surface area contributed by atoms with Crippen LogP contribution in [0.5, 0.6) is 5.75 Å². The standard InChI is InChI=1S/C14H17F2N3O/c1-3-5-11-12(18-19(2)13(11)17)9-6-4-7-10(8-9)20-14(15)16/h4,6-8,14H,3,5,17H2,1-2H3. The highest BCUT2D eigenvalue weighted by Crippen LogP contribution is 2.30. The second kappa shape index (κ2) is 5.90. The first-order valence-corrected chi connectivity index (χ1v) is 6.39. The van der Waals surface area contributed by atoms with Gasteiger partial charge in [-0.15, -0.1) is 0 Å². The van der Waals surface area contributed by atoms with Crippen molar-refractivity contribution in [3.05, 3.63) is 29.8 Å². The van der Waals surface area contributed by atoms with E-state index < -0.39 is 6.61 Å². The second-order valence-electron chi connectivity index (χ2n) is 4.49. The number of alkyl halides is 2. The maximum absolute atomic E-state index is 12.3. The van der Waals surface area contributed by atoms with Crippen molar-refractivity contribution in [2.45, 2.75) is 26.4 Å². The van der Waals surface area contributed by atoms with Gasteiger partial charge in [0.1, 0.15) is 11.6 Å². The molecule has 0 saturated carbocycles. The van der Waals surface area contributed by atoms with Crippen molar-refractivity contribution >= 4 is 5.82 Å². The molecule has 0 aliphatic carbocycles. The number of ether oxygens (including phenoxy) is 1. The molecule has 0 bridgehead atoms. The molecular weight excluding hydrogens is 264 g/mol. The van der Waals surface area contributed by atoms with E-state index in [0.29, 0.717) is 11.5 Å². The Hall–Kier alpha value is -2.11. The van der Waals surface area contributed by atoms with Gasteiger partial charge in [0.2, 0.25) is 0 Å². The van der Waals surface area contributed by atoms with Crippen molar-refractivity contribution in [2.24, 2.45) is 7.05 Å². The van der Waals surface area contributed by atoms with Crippen LogP contribution >= 0.6 is 0 Å². The van der Waals surface area contributed by atoms with Crippen LogP contribution in [-0.2, 0) is 13.5 Å². The summed E-state index contributed by atoms with van der Waals surface area (Å²) in [5, 5.41) is 4.37. The van der Waals surface area contributed by atoms with Crippen molar-refractivity contribution in [2.75, 3.05) is 5.73 Å². The Morgan fingerprint density at radius 3 is 2.80 bits per heavy atom. The largest absolute Gasteiger partial charge is 0.435 e. The summed E-state index contributed by atoms with van der Waals surface area (Å²) < 4.78 is 30.5. The van der Waals surface area contributed by atoms with Crippen molar-refractivity contribution in [3.8, 4) is 17.0 Å². The third-order valence-electron chi connectivity index (χ3n) is 3.03. The summed E-state index contributed by atoms with van der Waals surface area (Å²) in [5.41, 5.74) is 8.36. The zero-order valence-electron chi connectivity index (χ0n) is 11.4. The lowest BCUT2D eigenvalue weighted by Crippen LogP contribution is -2.01. The van der Waals surface area contributed by atoms with Gasteiger partial charge in [-0.25, -0.2) is 0 Å². The maximum Gasteiger partial charge on any atom is 0.387 e. The van der Waals surface area contributed by atoms with E-state index in [9.17, 15) is 8.78 Å². The lowest BCUT2D eigenvalue weighted by Gasteiger charge is -2.07. The van der Waals surface area contributed by atoms with Gasteiger partial charge in [-0.05, 0) is 18.6 Å². The van der Waals surface area contributed by atoms with Gasteiger partial charge < -0.3 is 10.5 Å². The molecule has 1 heterocycles. The number of aryl methyl sites for hydroxylation is 1. The first kappa shape index (κ1) is 14.3.